The Morgan fingerprint density at radius 2 is 1.52 bits per heavy atom. The van der Waals surface area contributed by atoms with Gasteiger partial charge in [-0.3, -0.25) is 4.79 Å². The average Bonchev–Trinajstić information content (AvgIpc) is 2.39. The van der Waals surface area contributed by atoms with Crippen molar-refractivity contribution in [2.45, 2.75) is 43.9 Å². The van der Waals surface area contributed by atoms with E-state index in [9.17, 15) is 15.0 Å². The molecule has 0 spiro atoms. The zero-order chi connectivity index (χ0) is 14.8. The lowest BCUT2D eigenvalue weighted by Gasteiger charge is -2.57. The van der Waals surface area contributed by atoms with Gasteiger partial charge in [-0.05, 0) is 67.8 Å². The maximum Gasteiger partial charge on any atom is 0.252 e. The van der Waals surface area contributed by atoms with Gasteiger partial charge in [0.2, 0.25) is 0 Å². The van der Waals surface area contributed by atoms with Gasteiger partial charge in [0.25, 0.3) is 5.91 Å². The molecule has 1 amide bonds. The predicted octanol–water partition coefficient (Wildman–Crippen LogP) is 2.66. The number of benzene rings is 1. The summed E-state index contributed by atoms with van der Waals surface area (Å²) in [5, 5.41) is 20.5. The van der Waals surface area contributed by atoms with Gasteiger partial charge in [0.15, 0.2) is 11.5 Å². The number of carbonyl (C=O) groups is 1. The summed E-state index contributed by atoms with van der Waals surface area (Å²) in [7, 11) is 0. The highest BCUT2D eigenvalue weighted by Crippen LogP contribution is 2.62. The van der Waals surface area contributed by atoms with E-state index in [0.29, 0.717) is 0 Å². The van der Waals surface area contributed by atoms with Crippen molar-refractivity contribution < 1.29 is 15.0 Å². The van der Waals surface area contributed by atoms with E-state index in [1.165, 1.54) is 19.3 Å². The zero-order valence-corrected chi connectivity index (χ0v) is 12.0. The monoisotopic (exact) mass is 287 g/mol. The number of phenols is 2. The maximum atomic E-state index is 11.3. The number of nitrogens with two attached hydrogens (primary N) is 1. The number of carbonyl (C=O) groups excluding carboxylic acids is 1. The molecule has 5 rings (SSSR count). The average molecular weight is 287 g/mol. The van der Waals surface area contributed by atoms with Gasteiger partial charge in [-0.15, -0.1) is 0 Å². The number of rotatable bonds is 2. The van der Waals surface area contributed by atoms with Crippen LogP contribution >= 0.6 is 0 Å². The van der Waals surface area contributed by atoms with Gasteiger partial charge in [-0.1, -0.05) is 6.07 Å². The summed E-state index contributed by atoms with van der Waals surface area (Å²) >= 11 is 0. The molecule has 4 heteroatoms. The summed E-state index contributed by atoms with van der Waals surface area (Å²) in [6, 6.07) is 3.37. The first-order valence-corrected chi connectivity index (χ1v) is 7.84. The minimum Gasteiger partial charge on any atom is -0.504 e. The summed E-state index contributed by atoms with van der Waals surface area (Å²) in [6.45, 7) is 0. The highest BCUT2D eigenvalue weighted by Gasteiger charge is 2.52. The van der Waals surface area contributed by atoms with Crippen molar-refractivity contribution in [1.29, 1.82) is 0 Å². The Morgan fingerprint density at radius 1 is 1.00 bits per heavy atom. The molecule has 4 aliphatic rings. The molecule has 4 bridgehead atoms. The van der Waals surface area contributed by atoms with Crippen LogP contribution in [-0.2, 0) is 5.41 Å². The lowest BCUT2D eigenvalue weighted by atomic mass is 9.48. The van der Waals surface area contributed by atoms with E-state index in [0.717, 1.165) is 42.6 Å². The Balaban J connectivity index is 1.80. The minimum atomic E-state index is -0.708. The Kier molecular flexibility index (Phi) is 2.57. The van der Waals surface area contributed by atoms with Crippen LogP contribution < -0.4 is 5.73 Å². The van der Waals surface area contributed by atoms with Gasteiger partial charge in [0, 0.05) is 5.56 Å². The van der Waals surface area contributed by atoms with Crippen molar-refractivity contribution in [2.24, 2.45) is 23.5 Å². The van der Waals surface area contributed by atoms with Crippen LogP contribution in [0.15, 0.2) is 12.1 Å². The van der Waals surface area contributed by atoms with Crippen LogP contribution in [0.1, 0.15) is 54.4 Å². The third-order valence-corrected chi connectivity index (χ3v) is 6.03. The minimum absolute atomic E-state index is 0.000906. The molecular weight excluding hydrogens is 266 g/mol. The first kappa shape index (κ1) is 13.0. The molecule has 1 aromatic carbocycles. The quantitative estimate of drug-likeness (QED) is 0.731. The van der Waals surface area contributed by atoms with Crippen LogP contribution in [0.2, 0.25) is 0 Å². The summed E-state index contributed by atoms with van der Waals surface area (Å²) in [5.74, 6) is 1.08. The van der Waals surface area contributed by atoms with Crippen LogP contribution in [0.25, 0.3) is 0 Å². The predicted molar refractivity (Wildman–Crippen MR) is 78.1 cm³/mol. The third kappa shape index (κ3) is 1.78. The van der Waals surface area contributed by atoms with Crippen molar-refractivity contribution >= 4 is 5.91 Å². The number of hydrogen-bond donors (Lipinski definition) is 3. The molecule has 0 heterocycles. The number of amides is 1. The first-order valence-electron chi connectivity index (χ1n) is 7.84. The van der Waals surface area contributed by atoms with Gasteiger partial charge in [0.05, 0.1) is 5.56 Å². The van der Waals surface area contributed by atoms with Crippen LogP contribution in [0.4, 0.5) is 0 Å². The van der Waals surface area contributed by atoms with Crippen LogP contribution in [0.3, 0.4) is 0 Å². The standard InChI is InChI=1S/C17H21NO3/c18-16(21)12-1-2-13(15(20)14(12)19)17-6-9-3-10(7-17)5-11(4-9)8-17/h1-2,9-11,19-20H,3-8H2,(H2,18,21). The molecule has 0 atom stereocenters. The third-order valence-electron chi connectivity index (χ3n) is 6.03. The molecule has 4 nitrogen and oxygen atoms in total. The van der Waals surface area contributed by atoms with E-state index < -0.39 is 5.91 Å². The first-order chi connectivity index (χ1) is 9.98. The molecule has 0 saturated heterocycles. The fourth-order valence-electron chi connectivity index (χ4n) is 5.65. The number of primary amides is 1. The molecule has 4 aliphatic carbocycles. The smallest absolute Gasteiger partial charge is 0.252 e. The van der Waals surface area contributed by atoms with Gasteiger partial charge < -0.3 is 15.9 Å². The van der Waals surface area contributed by atoms with Gasteiger partial charge >= 0.3 is 0 Å². The summed E-state index contributed by atoms with van der Waals surface area (Å²) < 4.78 is 0. The van der Waals surface area contributed by atoms with Gasteiger partial charge in [-0.25, -0.2) is 0 Å². The molecule has 0 unspecified atom stereocenters. The molecule has 4 fully saturated rings. The van der Waals surface area contributed by atoms with Gasteiger partial charge in [0.1, 0.15) is 0 Å². The van der Waals surface area contributed by atoms with Crippen LogP contribution in [0.5, 0.6) is 11.5 Å². The summed E-state index contributed by atoms with van der Waals surface area (Å²) in [4.78, 5) is 11.3. The van der Waals surface area contributed by atoms with E-state index in [1.807, 2.05) is 6.07 Å². The van der Waals surface area contributed by atoms with E-state index in [-0.39, 0.29) is 22.5 Å². The van der Waals surface area contributed by atoms with Crippen molar-refractivity contribution in [3.8, 4) is 11.5 Å². The van der Waals surface area contributed by atoms with E-state index in [1.54, 1.807) is 6.07 Å². The Labute approximate surface area is 124 Å². The lowest BCUT2D eigenvalue weighted by Crippen LogP contribution is -2.48. The molecule has 21 heavy (non-hydrogen) atoms. The van der Waals surface area contributed by atoms with Crippen molar-refractivity contribution in [2.75, 3.05) is 0 Å². The second-order valence-corrected chi connectivity index (χ2v) is 7.42. The molecule has 0 radical (unpaired) electrons. The molecule has 4 saturated carbocycles. The van der Waals surface area contributed by atoms with E-state index in [4.69, 9.17) is 5.73 Å². The topological polar surface area (TPSA) is 83.6 Å². The van der Waals surface area contributed by atoms with Crippen molar-refractivity contribution in [3.63, 3.8) is 0 Å². The normalized spacial score (nSPS) is 36.9. The highest BCUT2D eigenvalue weighted by atomic mass is 16.3. The highest BCUT2D eigenvalue weighted by molar-refractivity contribution is 5.96. The maximum absolute atomic E-state index is 11.3. The Hall–Kier alpha value is -1.71. The van der Waals surface area contributed by atoms with E-state index in [2.05, 4.69) is 0 Å². The molecule has 4 N–H and O–H groups in total. The number of aromatic hydroxyl groups is 2. The number of phenolic OH excluding ortho intramolecular Hbond substituents is 1. The van der Waals surface area contributed by atoms with Crippen molar-refractivity contribution in [1.82, 2.24) is 0 Å². The molecule has 0 aromatic heterocycles. The summed E-state index contributed by atoms with van der Waals surface area (Å²) in [6.07, 6.45) is 7.27. The second kappa shape index (κ2) is 4.15. The largest absolute Gasteiger partial charge is 0.504 e. The molecule has 0 aliphatic heterocycles. The van der Waals surface area contributed by atoms with E-state index >= 15 is 0 Å². The van der Waals surface area contributed by atoms with Crippen LogP contribution in [-0.4, -0.2) is 16.1 Å². The SMILES string of the molecule is NC(=O)c1ccc(C23CC4CC(CC(C4)C2)C3)c(O)c1O. The Morgan fingerprint density at radius 3 is 2.00 bits per heavy atom. The molecule has 1 aromatic rings. The van der Waals surface area contributed by atoms with Crippen molar-refractivity contribution in [3.05, 3.63) is 23.3 Å². The number of hydrogen-bond acceptors (Lipinski definition) is 3. The zero-order valence-electron chi connectivity index (χ0n) is 12.0. The second-order valence-electron chi connectivity index (χ2n) is 7.42. The Bertz CT molecular complexity index is 587. The fourth-order valence-corrected chi connectivity index (χ4v) is 5.65. The lowest BCUT2D eigenvalue weighted by molar-refractivity contribution is -0.00628. The molecule has 112 valence electrons. The van der Waals surface area contributed by atoms with Crippen LogP contribution in [0, 0.1) is 17.8 Å². The fraction of sp³-hybridized carbons (Fsp3) is 0.588. The molecular formula is C17H21NO3. The van der Waals surface area contributed by atoms with Gasteiger partial charge in [-0.2, -0.15) is 0 Å². The summed E-state index contributed by atoms with van der Waals surface area (Å²) in [5.41, 5.74) is 6.05.